The van der Waals surface area contributed by atoms with E-state index in [2.05, 4.69) is 37.3 Å². The minimum atomic E-state index is -0.130. The summed E-state index contributed by atoms with van der Waals surface area (Å²) in [7, 11) is 0. The molecule has 0 aliphatic heterocycles. The van der Waals surface area contributed by atoms with Crippen LogP contribution in [0.3, 0.4) is 0 Å². The van der Waals surface area contributed by atoms with Crippen LogP contribution in [-0.2, 0) is 17.6 Å². The van der Waals surface area contributed by atoms with Crippen LogP contribution in [0.4, 0.5) is 0 Å². The Morgan fingerprint density at radius 3 is 2.74 bits per heavy atom. The molecule has 0 unspecified atom stereocenters. The molecular formula is C25H28O2. The van der Waals surface area contributed by atoms with Crippen molar-refractivity contribution in [1.29, 1.82) is 0 Å². The highest BCUT2D eigenvalue weighted by Crippen LogP contribution is 2.61. The van der Waals surface area contributed by atoms with Gasteiger partial charge in [0.2, 0.25) is 0 Å². The molecule has 0 radical (unpaired) electrons. The predicted molar refractivity (Wildman–Crippen MR) is 107 cm³/mol. The maximum absolute atomic E-state index is 13.4. The van der Waals surface area contributed by atoms with Crippen LogP contribution in [0.2, 0.25) is 0 Å². The first-order valence-corrected chi connectivity index (χ1v) is 10.5. The predicted octanol–water partition coefficient (Wildman–Crippen LogP) is 5.29. The van der Waals surface area contributed by atoms with Crippen LogP contribution < -0.4 is 0 Å². The van der Waals surface area contributed by atoms with Gasteiger partial charge < -0.3 is 5.11 Å². The van der Waals surface area contributed by atoms with E-state index >= 15 is 0 Å². The van der Waals surface area contributed by atoms with Crippen LogP contribution in [0, 0.1) is 23.2 Å². The Morgan fingerprint density at radius 1 is 1.11 bits per heavy atom. The van der Waals surface area contributed by atoms with Gasteiger partial charge in [0, 0.05) is 11.3 Å². The number of carbonyl (C=O) groups excluding carboxylic acids is 1. The molecule has 5 rings (SSSR count). The van der Waals surface area contributed by atoms with E-state index in [9.17, 15) is 9.90 Å². The van der Waals surface area contributed by atoms with Gasteiger partial charge in [0.05, 0.1) is 0 Å². The minimum absolute atomic E-state index is 0.130. The summed E-state index contributed by atoms with van der Waals surface area (Å²) in [6.07, 6.45) is 6.27. The Morgan fingerprint density at radius 2 is 1.93 bits per heavy atom. The van der Waals surface area contributed by atoms with Gasteiger partial charge in [-0.05, 0) is 85.1 Å². The number of Topliss-reactive ketones (excluding diaryl/α,β-unsaturated/α-hetero) is 1. The fourth-order valence-electron chi connectivity index (χ4n) is 6.58. The van der Waals surface area contributed by atoms with Crippen LogP contribution in [0.5, 0.6) is 5.75 Å². The molecule has 1 N–H and O–H groups in total. The number of carbonyl (C=O) groups is 1. The molecule has 2 aromatic rings. The molecule has 0 saturated heterocycles. The molecule has 27 heavy (non-hydrogen) atoms. The highest BCUT2D eigenvalue weighted by molar-refractivity contribution is 5.89. The molecule has 2 fully saturated rings. The van der Waals surface area contributed by atoms with Gasteiger partial charge in [-0.15, -0.1) is 0 Å². The molecule has 3 aliphatic rings. The Bertz CT molecular complexity index is 871. The Balaban J connectivity index is 1.43. The Hall–Kier alpha value is -2.09. The smallest absolute Gasteiger partial charge is 0.142 e. The number of ketones is 1. The Kier molecular flexibility index (Phi) is 3.93. The molecular weight excluding hydrogens is 332 g/mol. The van der Waals surface area contributed by atoms with E-state index in [1.165, 1.54) is 16.7 Å². The summed E-state index contributed by atoms with van der Waals surface area (Å²) in [4.78, 5) is 13.4. The van der Waals surface area contributed by atoms with Crippen molar-refractivity contribution in [3.63, 3.8) is 0 Å². The molecule has 0 aromatic heterocycles. The Labute approximate surface area is 161 Å². The second-order valence-corrected chi connectivity index (χ2v) is 9.24. The maximum Gasteiger partial charge on any atom is 0.142 e. The van der Waals surface area contributed by atoms with E-state index in [-0.39, 0.29) is 11.3 Å². The number of benzene rings is 2. The number of phenols is 1. The number of aromatic hydroxyl groups is 1. The summed E-state index contributed by atoms with van der Waals surface area (Å²) in [5.41, 5.74) is 3.92. The lowest BCUT2D eigenvalue weighted by atomic mass is 9.55. The normalized spacial score (nSPS) is 34.6. The van der Waals surface area contributed by atoms with Gasteiger partial charge in [-0.3, -0.25) is 4.79 Å². The van der Waals surface area contributed by atoms with Gasteiger partial charge in [0.25, 0.3) is 0 Å². The highest BCUT2D eigenvalue weighted by Gasteiger charge is 2.57. The zero-order valence-corrected chi connectivity index (χ0v) is 16.0. The van der Waals surface area contributed by atoms with Gasteiger partial charge in [0.15, 0.2) is 0 Å². The molecule has 2 nitrogen and oxygen atoms in total. The first-order valence-electron chi connectivity index (χ1n) is 10.5. The van der Waals surface area contributed by atoms with Gasteiger partial charge in [-0.25, -0.2) is 0 Å². The van der Waals surface area contributed by atoms with Gasteiger partial charge in [0.1, 0.15) is 11.5 Å². The number of fused-ring (bicyclic) bond motifs is 5. The van der Waals surface area contributed by atoms with Gasteiger partial charge >= 0.3 is 0 Å². The van der Waals surface area contributed by atoms with Crippen molar-refractivity contribution in [2.24, 2.45) is 23.2 Å². The molecule has 2 heteroatoms. The molecule has 2 saturated carbocycles. The lowest BCUT2D eigenvalue weighted by molar-refractivity contribution is -0.131. The van der Waals surface area contributed by atoms with E-state index in [0.29, 0.717) is 29.3 Å². The minimum Gasteiger partial charge on any atom is -0.508 e. The fourth-order valence-corrected chi connectivity index (χ4v) is 6.58. The van der Waals surface area contributed by atoms with E-state index in [1.54, 1.807) is 0 Å². The van der Waals surface area contributed by atoms with Crippen molar-refractivity contribution in [3.8, 4) is 5.75 Å². The van der Waals surface area contributed by atoms with Gasteiger partial charge in [-0.2, -0.15) is 0 Å². The first kappa shape index (κ1) is 17.0. The quantitative estimate of drug-likeness (QED) is 0.790. The number of rotatable bonds is 2. The number of aryl methyl sites for hydroxylation is 1. The van der Waals surface area contributed by atoms with Crippen molar-refractivity contribution >= 4 is 5.78 Å². The summed E-state index contributed by atoms with van der Waals surface area (Å²) < 4.78 is 0. The highest BCUT2D eigenvalue weighted by atomic mass is 16.3. The molecule has 0 heterocycles. The van der Waals surface area contributed by atoms with E-state index in [1.807, 2.05) is 18.2 Å². The van der Waals surface area contributed by atoms with E-state index in [0.717, 1.165) is 38.5 Å². The van der Waals surface area contributed by atoms with Crippen LogP contribution in [0.15, 0.2) is 48.5 Å². The average Bonchev–Trinajstić information content (AvgIpc) is 2.93. The van der Waals surface area contributed by atoms with Crippen molar-refractivity contribution in [2.75, 3.05) is 0 Å². The summed E-state index contributed by atoms with van der Waals surface area (Å²) in [6.45, 7) is 2.26. The first-order chi connectivity index (χ1) is 13.1. The third-order valence-corrected chi connectivity index (χ3v) is 7.90. The van der Waals surface area contributed by atoms with Crippen LogP contribution >= 0.6 is 0 Å². The standard InChI is InChI=1S/C25H28O2/c1-25-12-11-21-20-10-8-19(26)14-17(20)7-9-22(21)23(25)15-18(24(25)27)13-16-5-3-2-4-6-16/h2-6,8,10,14,18,21-23,26H,7,9,11-13,15H2,1H3/t18-,21-,22-,23+,25+/m1/s1. The SMILES string of the molecule is C[C@]12CC[C@@H]3c4ccc(O)cc4CC[C@H]3[C@@H]1C[C@@H](Cc1ccccc1)C2=O. The van der Waals surface area contributed by atoms with Crippen LogP contribution in [-0.4, -0.2) is 10.9 Å². The molecule has 5 atom stereocenters. The fraction of sp³-hybridized carbons (Fsp3) is 0.480. The average molecular weight is 360 g/mol. The third-order valence-electron chi connectivity index (χ3n) is 7.90. The second kappa shape index (κ2) is 6.22. The third kappa shape index (κ3) is 2.64. The van der Waals surface area contributed by atoms with Crippen molar-refractivity contribution < 1.29 is 9.90 Å². The van der Waals surface area contributed by atoms with Crippen LogP contribution in [0.1, 0.15) is 55.2 Å². The number of phenolic OH excluding ortho intramolecular Hbond substituents is 1. The molecule has 0 amide bonds. The second-order valence-electron chi connectivity index (χ2n) is 9.24. The van der Waals surface area contributed by atoms with Crippen molar-refractivity contribution in [1.82, 2.24) is 0 Å². The zero-order valence-electron chi connectivity index (χ0n) is 16.0. The maximum atomic E-state index is 13.4. The zero-order chi connectivity index (χ0) is 18.6. The molecule has 0 bridgehead atoms. The van der Waals surface area contributed by atoms with Crippen molar-refractivity contribution in [2.45, 2.75) is 51.4 Å². The van der Waals surface area contributed by atoms with E-state index < -0.39 is 0 Å². The number of hydrogen-bond acceptors (Lipinski definition) is 2. The summed E-state index contributed by atoms with van der Waals surface area (Å²) >= 11 is 0. The molecule has 0 spiro atoms. The van der Waals surface area contributed by atoms with Crippen LogP contribution in [0.25, 0.3) is 0 Å². The van der Waals surface area contributed by atoms with Crippen molar-refractivity contribution in [3.05, 3.63) is 65.2 Å². The van der Waals surface area contributed by atoms with Gasteiger partial charge in [-0.1, -0.05) is 43.3 Å². The lowest BCUT2D eigenvalue weighted by Gasteiger charge is -2.48. The summed E-state index contributed by atoms with van der Waals surface area (Å²) in [5, 5.41) is 9.84. The molecule has 140 valence electrons. The van der Waals surface area contributed by atoms with E-state index in [4.69, 9.17) is 0 Å². The largest absolute Gasteiger partial charge is 0.508 e. The summed E-state index contributed by atoms with van der Waals surface area (Å²) in [6, 6.07) is 16.4. The topological polar surface area (TPSA) is 37.3 Å². The summed E-state index contributed by atoms with van der Waals surface area (Å²) in [5.74, 6) is 2.78. The molecule has 3 aliphatic carbocycles. The number of hydrogen-bond donors (Lipinski definition) is 1. The molecule has 2 aromatic carbocycles. The monoisotopic (exact) mass is 360 g/mol. The lowest BCUT2D eigenvalue weighted by Crippen LogP contribution is -2.42.